The molecule has 0 radical (unpaired) electrons. The number of guanidine groups is 1. The minimum Gasteiger partial charge on any atom is -0.468 e. The van der Waals surface area contributed by atoms with E-state index in [2.05, 4.69) is 31.6 Å². The highest BCUT2D eigenvalue weighted by molar-refractivity contribution is 14.0. The maximum atomic E-state index is 5.65. The van der Waals surface area contributed by atoms with Crippen molar-refractivity contribution in [2.75, 3.05) is 26.7 Å². The maximum Gasteiger partial charge on any atom is 0.191 e. The van der Waals surface area contributed by atoms with Crippen LogP contribution in [0.1, 0.15) is 30.3 Å². The molecule has 3 heterocycles. The Hall–Kier alpha value is -1.61. The van der Waals surface area contributed by atoms with E-state index in [1.54, 1.807) is 19.5 Å². The number of aliphatic imine (C=N–C) groups is 1. The predicted molar refractivity (Wildman–Crippen MR) is 110 cm³/mol. The number of halogens is 1. The summed E-state index contributed by atoms with van der Waals surface area (Å²) in [5.41, 5.74) is 0.988. The monoisotopic (exact) mass is 455 g/mol. The third-order valence-electron chi connectivity index (χ3n) is 4.30. The molecule has 6 nitrogen and oxygen atoms in total. The van der Waals surface area contributed by atoms with Gasteiger partial charge in [-0.1, -0.05) is 6.07 Å². The van der Waals surface area contributed by atoms with Gasteiger partial charge in [0, 0.05) is 19.8 Å². The number of hydrogen-bond acceptors (Lipinski definition) is 4. The van der Waals surface area contributed by atoms with Crippen LogP contribution in [0.5, 0.6) is 0 Å². The Bertz CT molecular complexity index is 626. The molecule has 0 bridgehead atoms. The molecule has 1 aliphatic heterocycles. The van der Waals surface area contributed by atoms with Crippen LogP contribution in [0.2, 0.25) is 0 Å². The van der Waals surface area contributed by atoms with E-state index in [1.165, 1.54) is 12.8 Å². The number of nitrogens with one attached hydrogen (secondary N) is 2. The Morgan fingerprint density at radius 3 is 2.72 bits per heavy atom. The molecule has 25 heavy (non-hydrogen) atoms. The van der Waals surface area contributed by atoms with Gasteiger partial charge in [-0.3, -0.25) is 14.9 Å². The Kier molecular flexibility index (Phi) is 8.20. The van der Waals surface area contributed by atoms with Gasteiger partial charge in [0.2, 0.25) is 0 Å². The zero-order valence-electron chi connectivity index (χ0n) is 14.5. The fourth-order valence-electron chi connectivity index (χ4n) is 3.03. The molecule has 2 aromatic heterocycles. The summed E-state index contributed by atoms with van der Waals surface area (Å²) < 4.78 is 5.65. The molecule has 1 saturated heterocycles. The van der Waals surface area contributed by atoms with Gasteiger partial charge in [0.25, 0.3) is 0 Å². The van der Waals surface area contributed by atoms with Crippen molar-refractivity contribution >= 4 is 29.9 Å². The average molecular weight is 455 g/mol. The minimum atomic E-state index is 0. The highest BCUT2D eigenvalue weighted by Gasteiger charge is 2.25. The van der Waals surface area contributed by atoms with Crippen molar-refractivity contribution in [3.8, 4) is 0 Å². The van der Waals surface area contributed by atoms with Gasteiger partial charge in [-0.05, 0) is 50.2 Å². The van der Waals surface area contributed by atoms with Crippen LogP contribution >= 0.6 is 24.0 Å². The molecule has 0 aliphatic carbocycles. The van der Waals surface area contributed by atoms with Gasteiger partial charge in [0.15, 0.2) is 5.96 Å². The van der Waals surface area contributed by atoms with Crippen LogP contribution in [0, 0.1) is 0 Å². The lowest BCUT2D eigenvalue weighted by atomic mass is 10.2. The first-order valence-corrected chi connectivity index (χ1v) is 8.48. The number of furan rings is 1. The van der Waals surface area contributed by atoms with E-state index in [1.807, 2.05) is 24.3 Å². The van der Waals surface area contributed by atoms with Gasteiger partial charge < -0.3 is 15.1 Å². The van der Waals surface area contributed by atoms with Crippen LogP contribution < -0.4 is 10.6 Å². The van der Waals surface area contributed by atoms with Gasteiger partial charge >= 0.3 is 0 Å². The number of rotatable bonds is 6. The van der Waals surface area contributed by atoms with Crippen molar-refractivity contribution in [1.82, 2.24) is 20.5 Å². The number of pyridine rings is 1. The van der Waals surface area contributed by atoms with Gasteiger partial charge in [-0.25, -0.2) is 0 Å². The van der Waals surface area contributed by atoms with Crippen molar-refractivity contribution in [3.05, 3.63) is 54.2 Å². The molecule has 7 heteroatoms. The van der Waals surface area contributed by atoms with Crippen LogP contribution in [-0.4, -0.2) is 42.5 Å². The Labute approximate surface area is 166 Å². The molecule has 1 aliphatic rings. The average Bonchev–Trinajstić information content (AvgIpc) is 3.33. The Morgan fingerprint density at radius 1 is 1.24 bits per heavy atom. The first-order chi connectivity index (χ1) is 11.9. The summed E-state index contributed by atoms with van der Waals surface area (Å²) in [7, 11) is 1.78. The van der Waals surface area contributed by atoms with Crippen molar-refractivity contribution < 1.29 is 4.42 Å². The molecule has 0 spiro atoms. The molecule has 2 N–H and O–H groups in total. The van der Waals surface area contributed by atoms with Crippen LogP contribution in [0.25, 0.3) is 0 Å². The second kappa shape index (κ2) is 10.4. The number of hydrogen-bond donors (Lipinski definition) is 2. The summed E-state index contributed by atoms with van der Waals surface area (Å²) in [5.74, 6) is 1.78. The van der Waals surface area contributed by atoms with Gasteiger partial charge in [0.1, 0.15) is 5.76 Å². The topological polar surface area (TPSA) is 65.7 Å². The van der Waals surface area contributed by atoms with E-state index in [-0.39, 0.29) is 30.0 Å². The molecule has 0 amide bonds. The van der Waals surface area contributed by atoms with Gasteiger partial charge in [-0.15, -0.1) is 24.0 Å². The van der Waals surface area contributed by atoms with Crippen molar-refractivity contribution in [2.24, 2.45) is 4.99 Å². The summed E-state index contributed by atoms with van der Waals surface area (Å²) >= 11 is 0. The predicted octanol–water partition coefficient (Wildman–Crippen LogP) is 2.79. The maximum absolute atomic E-state index is 5.65. The van der Waals surface area contributed by atoms with E-state index in [9.17, 15) is 0 Å². The van der Waals surface area contributed by atoms with E-state index >= 15 is 0 Å². The van der Waals surface area contributed by atoms with E-state index < -0.39 is 0 Å². The second-order valence-electron chi connectivity index (χ2n) is 5.90. The first kappa shape index (κ1) is 19.7. The van der Waals surface area contributed by atoms with Crippen LogP contribution in [0.3, 0.4) is 0 Å². The zero-order valence-corrected chi connectivity index (χ0v) is 16.8. The number of nitrogens with zero attached hydrogens (tertiary/aromatic N) is 3. The van der Waals surface area contributed by atoms with Crippen LogP contribution in [0.15, 0.2) is 52.2 Å². The molecule has 3 rings (SSSR count). The van der Waals surface area contributed by atoms with Crippen molar-refractivity contribution in [1.29, 1.82) is 0 Å². The quantitative estimate of drug-likeness (QED) is 0.399. The number of aromatic nitrogens is 1. The van der Waals surface area contributed by atoms with E-state index in [0.29, 0.717) is 6.54 Å². The van der Waals surface area contributed by atoms with E-state index in [4.69, 9.17) is 4.42 Å². The highest BCUT2D eigenvalue weighted by Crippen LogP contribution is 2.24. The minimum absolute atomic E-state index is 0. The molecular weight excluding hydrogens is 429 g/mol. The Balaban J connectivity index is 0.00000225. The SMILES string of the molecule is CN=C(NCc1ccccn1)NCC(c1ccco1)N1CCCC1.I. The van der Waals surface area contributed by atoms with Crippen molar-refractivity contribution in [3.63, 3.8) is 0 Å². The molecule has 1 unspecified atom stereocenters. The normalized spacial score (nSPS) is 16.3. The lowest BCUT2D eigenvalue weighted by Gasteiger charge is -2.26. The van der Waals surface area contributed by atoms with Crippen LogP contribution in [0.4, 0.5) is 0 Å². The summed E-state index contributed by atoms with van der Waals surface area (Å²) in [6.07, 6.45) is 6.05. The molecule has 1 fully saturated rings. The Morgan fingerprint density at radius 2 is 2.08 bits per heavy atom. The van der Waals surface area contributed by atoms with Gasteiger partial charge in [-0.2, -0.15) is 0 Å². The summed E-state index contributed by atoms with van der Waals surface area (Å²) in [6.45, 7) is 3.64. The molecule has 2 aromatic rings. The third-order valence-corrected chi connectivity index (χ3v) is 4.30. The second-order valence-corrected chi connectivity index (χ2v) is 5.90. The standard InChI is InChI=1S/C18H25N5O.HI/c1-19-18(21-13-15-7-2-3-9-20-15)22-14-16(17-8-6-12-24-17)23-10-4-5-11-23;/h2-3,6-9,12,16H,4-5,10-11,13-14H2,1H3,(H2,19,21,22);1H. The largest absolute Gasteiger partial charge is 0.468 e. The summed E-state index contributed by atoms with van der Waals surface area (Å²) in [6, 6.07) is 10.1. The fourth-order valence-corrected chi connectivity index (χ4v) is 3.03. The van der Waals surface area contributed by atoms with Gasteiger partial charge in [0.05, 0.1) is 24.5 Å². The lowest BCUT2D eigenvalue weighted by molar-refractivity contribution is 0.215. The summed E-state index contributed by atoms with van der Waals surface area (Å²) in [4.78, 5) is 11.1. The van der Waals surface area contributed by atoms with E-state index in [0.717, 1.165) is 37.0 Å². The zero-order chi connectivity index (χ0) is 16.6. The van der Waals surface area contributed by atoms with Crippen molar-refractivity contribution in [2.45, 2.75) is 25.4 Å². The molecule has 0 saturated carbocycles. The lowest BCUT2D eigenvalue weighted by Crippen LogP contribution is -2.42. The van der Waals surface area contributed by atoms with Crippen LogP contribution in [-0.2, 0) is 6.54 Å². The number of likely N-dealkylation sites (tertiary alicyclic amines) is 1. The molecule has 0 aromatic carbocycles. The third kappa shape index (κ3) is 5.71. The highest BCUT2D eigenvalue weighted by atomic mass is 127. The first-order valence-electron chi connectivity index (χ1n) is 8.48. The fraction of sp³-hybridized carbons (Fsp3) is 0.444. The molecule has 1 atom stereocenters. The molecule has 136 valence electrons. The smallest absolute Gasteiger partial charge is 0.191 e. The molecular formula is C18H26IN5O. The summed E-state index contributed by atoms with van der Waals surface area (Å²) in [5, 5.41) is 6.72.